The lowest BCUT2D eigenvalue weighted by atomic mass is 9.97. The number of anilines is 1. The van der Waals surface area contributed by atoms with Crippen LogP contribution in [-0.2, 0) is 0 Å². The van der Waals surface area contributed by atoms with Gasteiger partial charge in [0.15, 0.2) is 11.5 Å². The number of carbonyl (C=O) groups is 2. The van der Waals surface area contributed by atoms with E-state index in [0.717, 1.165) is 39.0 Å². The van der Waals surface area contributed by atoms with Gasteiger partial charge in [0.25, 0.3) is 11.8 Å². The predicted molar refractivity (Wildman–Crippen MR) is 134 cm³/mol. The van der Waals surface area contributed by atoms with E-state index in [9.17, 15) is 9.59 Å². The van der Waals surface area contributed by atoms with Gasteiger partial charge in [-0.15, -0.1) is 22.7 Å². The largest absolute Gasteiger partial charge is 0.493 e. The third-order valence-corrected chi connectivity index (χ3v) is 8.03. The third kappa shape index (κ3) is 4.92. The Morgan fingerprint density at radius 2 is 1.74 bits per heavy atom. The average molecular weight is 501 g/mol. The summed E-state index contributed by atoms with van der Waals surface area (Å²) in [6.07, 6.45) is 1.65. The molecule has 1 fully saturated rings. The molecule has 10 heteroatoms. The molecule has 180 valence electrons. The van der Waals surface area contributed by atoms with Crippen LogP contribution in [0.15, 0.2) is 17.5 Å². The summed E-state index contributed by atoms with van der Waals surface area (Å²) in [4.78, 5) is 37.3. The first-order valence-corrected chi connectivity index (χ1v) is 12.7. The molecular weight excluding hydrogens is 472 g/mol. The molecule has 3 heterocycles. The molecule has 0 aliphatic carbocycles. The first-order valence-electron chi connectivity index (χ1n) is 11.0. The molecule has 0 bridgehead atoms. The van der Waals surface area contributed by atoms with Gasteiger partial charge in [0, 0.05) is 36.1 Å². The second-order valence-corrected chi connectivity index (χ2v) is 10.4. The molecule has 34 heavy (non-hydrogen) atoms. The molecule has 1 aromatic carbocycles. The highest BCUT2D eigenvalue weighted by molar-refractivity contribution is 7.13. The average Bonchev–Trinajstić information content (AvgIpc) is 3.46. The summed E-state index contributed by atoms with van der Waals surface area (Å²) >= 11 is 2.95. The zero-order valence-electron chi connectivity index (χ0n) is 19.9. The summed E-state index contributed by atoms with van der Waals surface area (Å²) in [7, 11) is 3.14. The van der Waals surface area contributed by atoms with Crippen LogP contribution >= 0.6 is 22.7 Å². The minimum Gasteiger partial charge on any atom is -0.493 e. The molecule has 2 aromatic heterocycles. The Morgan fingerprint density at radius 3 is 2.35 bits per heavy atom. The van der Waals surface area contributed by atoms with Gasteiger partial charge >= 0.3 is 0 Å². The number of methoxy groups -OCH3 is 2. The number of aromatic nitrogens is 2. The van der Waals surface area contributed by atoms with Crippen LogP contribution in [0.5, 0.6) is 11.5 Å². The molecule has 0 atom stereocenters. The topological polar surface area (TPSA) is 93.7 Å². The summed E-state index contributed by atoms with van der Waals surface area (Å²) < 4.78 is 10.7. The second-order valence-electron chi connectivity index (χ2n) is 8.26. The minimum absolute atomic E-state index is 0.0612. The Morgan fingerprint density at radius 1 is 1.06 bits per heavy atom. The van der Waals surface area contributed by atoms with E-state index in [4.69, 9.17) is 9.47 Å². The summed E-state index contributed by atoms with van der Waals surface area (Å²) in [5.41, 5.74) is 2.71. The van der Waals surface area contributed by atoms with Crippen LogP contribution in [0.1, 0.15) is 60.2 Å². The fourth-order valence-corrected chi connectivity index (χ4v) is 5.94. The van der Waals surface area contributed by atoms with Gasteiger partial charge in [-0.25, -0.2) is 9.97 Å². The number of nitrogens with zero attached hydrogens (tertiary/aromatic N) is 3. The molecular formula is C24H28N4O4S2. The zero-order valence-corrected chi connectivity index (χ0v) is 21.6. The molecule has 1 saturated heterocycles. The number of carbonyl (C=O) groups excluding carboxylic acids is 2. The SMILES string of the molecule is COc1cc(C)c(NC(=O)c2csc(C3CCN(C(=O)c4sc(C)nc4C)CC3)n2)cc1OC. The number of piperidine rings is 1. The molecule has 1 aliphatic heterocycles. The van der Waals surface area contributed by atoms with Crippen LogP contribution in [0.2, 0.25) is 0 Å². The van der Waals surface area contributed by atoms with Gasteiger partial charge < -0.3 is 19.7 Å². The lowest BCUT2D eigenvalue weighted by Crippen LogP contribution is -2.37. The Balaban J connectivity index is 1.39. The molecule has 2 amide bonds. The number of likely N-dealkylation sites (tertiary alicyclic amines) is 1. The lowest BCUT2D eigenvalue weighted by molar-refractivity contribution is 0.0717. The van der Waals surface area contributed by atoms with Gasteiger partial charge in [-0.3, -0.25) is 9.59 Å². The van der Waals surface area contributed by atoms with E-state index in [-0.39, 0.29) is 17.7 Å². The predicted octanol–water partition coefficient (Wildman–Crippen LogP) is 4.81. The van der Waals surface area contributed by atoms with E-state index in [2.05, 4.69) is 15.3 Å². The summed E-state index contributed by atoms with van der Waals surface area (Å²) in [6.45, 7) is 7.05. The maximum Gasteiger partial charge on any atom is 0.275 e. The number of nitrogens with one attached hydrogen (secondary N) is 1. The van der Waals surface area contributed by atoms with Crippen molar-refractivity contribution in [3.63, 3.8) is 0 Å². The van der Waals surface area contributed by atoms with Crippen LogP contribution in [0, 0.1) is 20.8 Å². The summed E-state index contributed by atoms with van der Waals surface area (Å²) in [5, 5.41) is 6.57. The maximum atomic E-state index is 12.9. The van der Waals surface area contributed by atoms with Gasteiger partial charge in [0.2, 0.25) is 0 Å². The lowest BCUT2D eigenvalue weighted by Gasteiger charge is -2.30. The van der Waals surface area contributed by atoms with Crippen LogP contribution in [0.3, 0.4) is 0 Å². The molecule has 4 rings (SSSR count). The highest BCUT2D eigenvalue weighted by Gasteiger charge is 2.28. The standard InChI is InChI=1S/C24H28N4O4S2/c1-13-10-19(31-4)20(32-5)11-17(13)26-22(29)18-12-33-23(27-18)16-6-8-28(9-7-16)24(30)21-14(2)25-15(3)34-21/h10-12,16H,6-9H2,1-5H3,(H,26,29). The Hall–Kier alpha value is -2.98. The van der Waals surface area contributed by atoms with E-state index in [1.165, 1.54) is 22.7 Å². The zero-order chi connectivity index (χ0) is 24.4. The van der Waals surface area contributed by atoms with Crippen molar-refractivity contribution in [2.75, 3.05) is 32.6 Å². The molecule has 8 nitrogen and oxygen atoms in total. The number of hydrogen-bond donors (Lipinski definition) is 1. The highest BCUT2D eigenvalue weighted by atomic mass is 32.1. The molecule has 1 aliphatic rings. The van der Waals surface area contributed by atoms with Crippen LogP contribution in [-0.4, -0.2) is 54.0 Å². The van der Waals surface area contributed by atoms with E-state index in [0.29, 0.717) is 36.0 Å². The van der Waals surface area contributed by atoms with Crippen LogP contribution in [0.25, 0.3) is 0 Å². The number of benzene rings is 1. The number of thiazole rings is 2. The van der Waals surface area contributed by atoms with Crippen molar-refractivity contribution >= 4 is 40.2 Å². The van der Waals surface area contributed by atoms with Gasteiger partial charge in [-0.2, -0.15) is 0 Å². The van der Waals surface area contributed by atoms with Gasteiger partial charge in [0.1, 0.15) is 10.6 Å². The molecule has 0 radical (unpaired) electrons. The first-order chi connectivity index (χ1) is 16.3. The summed E-state index contributed by atoms with van der Waals surface area (Å²) in [5.74, 6) is 1.20. The maximum absolute atomic E-state index is 12.9. The minimum atomic E-state index is -0.263. The van der Waals surface area contributed by atoms with Crippen molar-refractivity contribution in [3.05, 3.63) is 49.4 Å². The number of hydrogen-bond acceptors (Lipinski definition) is 8. The van der Waals surface area contributed by atoms with E-state index in [1.54, 1.807) is 25.7 Å². The van der Waals surface area contributed by atoms with Gasteiger partial charge in [-0.1, -0.05) is 0 Å². The van der Waals surface area contributed by atoms with Crippen LogP contribution < -0.4 is 14.8 Å². The fourth-order valence-electron chi connectivity index (χ4n) is 4.08. The number of amides is 2. The van der Waals surface area contributed by atoms with E-state index < -0.39 is 0 Å². The van der Waals surface area contributed by atoms with Crippen molar-refractivity contribution in [1.82, 2.24) is 14.9 Å². The van der Waals surface area contributed by atoms with Crippen molar-refractivity contribution in [2.45, 2.75) is 39.5 Å². The smallest absolute Gasteiger partial charge is 0.275 e. The quantitative estimate of drug-likeness (QED) is 0.522. The van der Waals surface area contributed by atoms with Gasteiger partial charge in [0.05, 0.1) is 29.9 Å². The van der Waals surface area contributed by atoms with Gasteiger partial charge in [-0.05, 0) is 45.2 Å². The molecule has 0 spiro atoms. The normalized spacial score (nSPS) is 14.2. The Labute approximate surface area is 206 Å². The Kier molecular flexibility index (Phi) is 7.18. The Bertz CT molecular complexity index is 1210. The third-order valence-electron chi connectivity index (χ3n) is 5.96. The van der Waals surface area contributed by atoms with E-state index >= 15 is 0 Å². The monoisotopic (exact) mass is 500 g/mol. The fraction of sp³-hybridized carbons (Fsp3) is 0.417. The number of aryl methyl sites for hydroxylation is 3. The van der Waals surface area contributed by atoms with E-state index in [1.807, 2.05) is 31.7 Å². The summed E-state index contributed by atoms with van der Waals surface area (Å²) in [6, 6.07) is 3.57. The number of ether oxygens (including phenoxy) is 2. The van der Waals surface area contributed by atoms with Crippen molar-refractivity contribution in [2.24, 2.45) is 0 Å². The van der Waals surface area contributed by atoms with Crippen molar-refractivity contribution in [3.8, 4) is 11.5 Å². The first kappa shape index (κ1) is 24.2. The molecule has 1 N–H and O–H groups in total. The molecule has 3 aromatic rings. The van der Waals surface area contributed by atoms with Crippen molar-refractivity contribution in [1.29, 1.82) is 0 Å². The molecule has 0 unspecified atom stereocenters. The number of rotatable bonds is 6. The highest BCUT2D eigenvalue weighted by Crippen LogP contribution is 2.34. The molecule has 0 saturated carbocycles. The second kappa shape index (κ2) is 10.1. The van der Waals surface area contributed by atoms with Crippen LogP contribution in [0.4, 0.5) is 5.69 Å². The van der Waals surface area contributed by atoms with Crippen molar-refractivity contribution < 1.29 is 19.1 Å².